The molecule has 3 rings (SSSR count). The Bertz CT molecular complexity index is 648. The van der Waals surface area contributed by atoms with Crippen LogP contribution in [0, 0.1) is 11.6 Å². The predicted octanol–water partition coefficient (Wildman–Crippen LogP) is 5.38. The molecule has 0 radical (unpaired) electrons. The molecule has 20 heavy (non-hydrogen) atoms. The third-order valence-corrected chi connectivity index (χ3v) is 5.10. The lowest BCUT2D eigenvalue weighted by Crippen LogP contribution is -2.17. The second-order valence-electron chi connectivity index (χ2n) is 4.62. The average molecular weight is 356 g/mol. The zero-order valence-corrected chi connectivity index (χ0v) is 12.9. The molecule has 5 heteroatoms. The van der Waals surface area contributed by atoms with Gasteiger partial charge in [0.1, 0.15) is 11.6 Å². The molecule has 0 fully saturated rings. The predicted molar refractivity (Wildman–Crippen MR) is 82.2 cm³/mol. The van der Waals surface area contributed by atoms with Gasteiger partial charge in [-0.1, -0.05) is 12.1 Å². The molecule has 1 aliphatic rings. The average Bonchev–Trinajstić information content (AvgIpc) is 2.43. The van der Waals surface area contributed by atoms with Gasteiger partial charge in [0.25, 0.3) is 0 Å². The zero-order valence-electron chi connectivity index (χ0n) is 10.5. The lowest BCUT2D eigenvalue weighted by Gasteiger charge is -2.27. The van der Waals surface area contributed by atoms with E-state index in [9.17, 15) is 8.78 Å². The Kier molecular flexibility index (Phi) is 3.98. The first-order valence-corrected chi connectivity index (χ1v) is 8.06. The van der Waals surface area contributed by atoms with Crippen molar-refractivity contribution < 1.29 is 8.78 Å². The van der Waals surface area contributed by atoms with Crippen molar-refractivity contribution in [2.24, 2.45) is 0 Å². The van der Waals surface area contributed by atoms with Gasteiger partial charge >= 0.3 is 0 Å². The van der Waals surface area contributed by atoms with Gasteiger partial charge in [-0.3, -0.25) is 0 Å². The Morgan fingerprint density at radius 3 is 2.85 bits per heavy atom. The Balaban J connectivity index is 1.91. The second-order valence-corrected chi connectivity index (χ2v) is 6.58. The number of hydrogen-bond donors (Lipinski definition) is 1. The third-order valence-electron chi connectivity index (χ3n) is 3.29. The fourth-order valence-corrected chi connectivity index (χ4v) is 3.94. The van der Waals surface area contributed by atoms with Gasteiger partial charge in [0.2, 0.25) is 0 Å². The maximum absolute atomic E-state index is 13.8. The summed E-state index contributed by atoms with van der Waals surface area (Å²) in [6.07, 6.45) is 0.908. The molecule has 0 saturated carbocycles. The highest BCUT2D eigenvalue weighted by Gasteiger charge is 2.23. The lowest BCUT2D eigenvalue weighted by atomic mass is 10.0. The van der Waals surface area contributed by atoms with Gasteiger partial charge in [-0.25, -0.2) is 8.78 Å². The number of halogens is 3. The number of hydrogen-bond acceptors (Lipinski definition) is 2. The largest absolute Gasteiger partial charge is 0.377 e. The summed E-state index contributed by atoms with van der Waals surface area (Å²) in [5.74, 6) is 0.412. The van der Waals surface area contributed by atoms with Crippen molar-refractivity contribution in [2.75, 3.05) is 11.1 Å². The number of nitrogens with one attached hydrogen (secondary N) is 1. The van der Waals surface area contributed by atoms with E-state index in [-0.39, 0.29) is 17.7 Å². The van der Waals surface area contributed by atoms with Crippen LogP contribution in [0.3, 0.4) is 0 Å². The summed E-state index contributed by atoms with van der Waals surface area (Å²) in [6, 6.07) is 9.74. The molecule has 1 N–H and O–H groups in total. The smallest absolute Gasteiger partial charge is 0.137 e. The van der Waals surface area contributed by atoms with Crippen molar-refractivity contribution >= 4 is 33.4 Å². The summed E-state index contributed by atoms with van der Waals surface area (Å²) in [7, 11) is 0. The topological polar surface area (TPSA) is 12.0 Å². The maximum Gasteiger partial charge on any atom is 0.137 e. The van der Waals surface area contributed by atoms with E-state index in [1.807, 2.05) is 6.07 Å². The Labute approximate surface area is 128 Å². The fraction of sp³-hybridized carbons (Fsp3) is 0.200. The van der Waals surface area contributed by atoms with Crippen molar-refractivity contribution in [1.29, 1.82) is 0 Å². The van der Waals surface area contributed by atoms with Gasteiger partial charge in [0, 0.05) is 20.8 Å². The zero-order chi connectivity index (χ0) is 14.1. The number of rotatable bonds is 2. The first-order valence-electron chi connectivity index (χ1n) is 6.28. The van der Waals surface area contributed by atoms with Crippen molar-refractivity contribution in [3.05, 3.63) is 58.1 Å². The van der Waals surface area contributed by atoms with Gasteiger partial charge < -0.3 is 5.32 Å². The van der Waals surface area contributed by atoms with Crippen LogP contribution in [0.4, 0.5) is 14.5 Å². The van der Waals surface area contributed by atoms with E-state index in [1.54, 1.807) is 23.9 Å². The van der Waals surface area contributed by atoms with Crippen LogP contribution >= 0.6 is 27.7 Å². The SMILES string of the molecule is Fc1ccc(NC2CCSc3c(F)cccc32)c(Br)c1. The van der Waals surface area contributed by atoms with E-state index in [0.29, 0.717) is 4.47 Å². The molecule has 0 spiro atoms. The van der Waals surface area contributed by atoms with Gasteiger partial charge in [0.05, 0.1) is 6.04 Å². The van der Waals surface area contributed by atoms with Crippen LogP contribution in [0.2, 0.25) is 0 Å². The van der Waals surface area contributed by atoms with Crippen molar-refractivity contribution in [1.82, 2.24) is 0 Å². The molecule has 1 heterocycles. The maximum atomic E-state index is 13.8. The summed E-state index contributed by atoms with van der Waals surface area (Å²) >= 11 is 4.90. The van der Waals surface area contributed by atoms with Crippen molar-refractivity contribution in [3.63, 3.8) is 0 Å². The highest BCUT2D eigenvalue weighted by molar-refractivity contribution is 9.10. The summed E-state index contributed by atoms with van der Waals surface area (Å²) in [6.45, 7) is 0. The highest BCUT2D eigenvalue weighted by Crippen LogP contribution is 2.40. The molecule has 0 saturated heterocycles. The number of fused-ring (bicyclic) bond motifs is 1. The Morgan fingerprint density at radius 1 is 1.20 bits per heavy atom. The van der Waals surface area contributed by atoms with Crippen molar-refractivity contribution in [2.45, 2.75) is 17.4 Å². The van der Waals surface area contributed by atoms with Crippen LogP contribution in [0.25, 0.3) is 0 Å². The summed E-state index contributed by atoms with van der Waals surface area (Å²) in [4.78, 5) is 0.717. The second kappa shape index (κ2) is 5.74. The molecule has 2 aromatic carbocycles. The Hall–Kier alpha value is -1.07. The molecule has 1 aliphatic heterocycles. The number of anilines is 1. The van der Waals surface area contributed by atoms with Crippen LogP contribution in [0.15, 0.2) is 45.8 Å². The standard InChI is InChI=1S/C15H12BrF2NS/c16-11-8-9(17)4-5-14(11)19-13-6-7-20-15-10(13)2-1-3-12(15)18/h1-5,8,13,19H,6-7H2. The van der Waals surface area contributed by atoms with E-state index in [1.165, 1.54) is 18.2 Å². The monoisotopic (exact) mass is 355 g/mol. The van der Waals surface area contributed by atoms with Gasteiger partial charge in [0.15, 0.2) is 0 Å². The summed E-state index contributed by atoms with van der Waals surface area (Å²) in [5, 5.41) is 3.37. The van der Waals surface area contributed by atoms with Crippen LogP contribution in [0.5, 0.6) is 0 Å². The van der Waals surface area contributed by atoms with Gasteiger partial charge in [-0.05, 0) is 52.2 Å². The molecule has 0 amide bonds. The molecular formula is C15H12BrF2NS. The highest BCUT2D eigenvalue weighted by atomic mass is 79.9. The van der Waals surface area contributed by atoms with Crippen LogP contribution < -0.4 is 5.32 Å². The van der Waals surface area contributed by atoms with Crippen LogP contribution in [-0.2, 0) is 0 Å². The molecule has 0 aliphatic carbocycles. The molecule has 104 valence electrons. The minimum Gasteiger partial charge on any atom is -0.377 e. The minimum absolute atomic E-state index is 0.0451. The molecule has 1 unspecified atom stereocenters. The molecule has 1 atom stereocenters. The summed E-state index contributed by atoms with van der Waals surface area (Å²) in [5.41, 5.74) is 1.79. The van der Waals surface area contributed by atoms with Gasteiger partial charge in [-0.15, -0.1) is 11.8 Å². The molecule has 0 bridgehead atoms. The van der Waals surface area contributed by atoms with E-state index in [2.05, 4.69) is 21.2 Å². The minimum atomic E-state index is -0.284. The third kappa shape index (κ3) is 2.69. The normalized spacial score (nSPS) is 17.6. The molecule has 1 nitrogen and oxygen atoms in total. The quantitative estimate of drug-likeness (QED) is 0.776. The first-order chi connectivity index (χ1) is 9.65. The van der Waals surface area contributed by atoms with Crippen molar-refractivity contribution in [3.8, 4) is 0 Å². The van der Waals surface area contributed by atoms with E-state index < -0.39 is 0 Å². The Morgan fingerprint density at radius 2 is 2.05 bits per heavy atom. The van der Waals surface area contributed by atoms with Gasteiger partial charge in [-0.2, -0.15) is 0 Å². The van der Waals surface area contributed by atoms with E-state index in [0.717, 1.165) is 28.3 Å². The first kappa shape index (κ1) is 13.9. The molecule has 0 aromatic heterocycles. The van der Waals surface area contributed by atoms with E-state index in [4.69, 9.17) is 0 Å². The molecular weight excluding hydrogens is 344 g/mol. The number of thioether (sulfide) groups is 1. The number of benzene rings is 2. The summed E-state index contributed by atoms with van der Waals surface area (Å²) < 4.78 is 27.6. The molecule has 2 aromatic rings. The fourth-order valence-electron chi connectivity index (χ4n) is 2.33. The van der Waals surface area contributed by atoms with Crippen LogP contribution in [0.1, 0.15) is 18.0 Å². The van der Waals surface area contributed by atoms with E-state index >= 15 is 0 Å². The lowest BCUT2D eigenvalue weighted by molar-refractivity contribution is 0.585. The van der Waals surface area contributed by atoms with Crippen LogP contribution in [-0.4, -0.2) is 5.75 Å².